The number of nitro groups is 1. The number of rotatable bonds is 8. The van der Waals surface area contributed by atoms with Gasteiger partial charge < -0.3 is 10.6 Å². The summed E-state index contributed by atoms with van der Waals surface area (Å²) >= 11 is 0. The first-order valence-corrected chi connectivity index (χ1v) is 9.82. The van der Waals surface area contributed by atoms with Gasteiger partial charge in [-0.05, 0) is 23.3 Å². The lowest BCUT2D eigenvalue weighted by Crippen LogP contribution is -2.37. The second-order valence-electron chi connectivity index (χ2n) is 5.80. The number of nitrogens with two attached hydrogens (primary N) is 1. The number of nitrogens with one attached hydrogen (secondary N) is 2. The fourth-order valence-corrected chi connectivity index (χ4v) is 2.73. The number of hydrogen-bond acceptors (Lipinski definition) is 5. The van der Waals surface area contributed by atoms with Gasteiger partial charge in [0.15, 0.2) is 5.96 Å². The molecular weight excluding hydrogens is 509 g/mol. The van der Waals surface area contributed by atoms with Crippen LogP contribution in [0.25, 0.3) is 0 Å². The molecule has 11 heteroatoms. The van der Waals surface area contributed by atoms with Gasteiger partial charge in [-0.1, -0.05) is 30.3 Å². The van der Waals surface area contributed by atoms with Crippen molar-refractivity contribution in [2.45, 2.75) is 18.0 Å². The minimum atomic E-state index is -3.72. The van der Waals surface area contributed by atoms with E-state index < -0.39 is 14.9 Å². The predicted molar refractivity (Wildman–Crippen MR) is 123 cm³/mol. The number of sulfonamides is 1. The Morgan fingerprint density at radius 1 is 1.10 bits per heavy atom. The Hall–Kier alpha value is -2.51. The van der Waals surface area contributed by atoms with Gasteiger partial charge in [-0.2, -0.15) is 0 Å². The lowest BCUT2D eigenvalue weighted by molar-refractivity contribution is -0.384. The minimum absolute atomic E-state index is 0. The third-order valence-corrected chi connectivity index (χ3v) is 4.62. The highest BCUT2D eigenvalue weighted by molar-refractivity contribution is 14.0. The molecule has 0 saturated heterocycles. The van der Waals surface area contributed by atoms with Gasteiger partial charge in [0.2, 0.25) is 10.0 Å². The molecule has 156 valence electrons. The number of guanidine groups is 1. The van der Waals surface area contributed by atoms with Crippen molar-refractivity contribution >= 4 is 45.6 Å². The third kappa shape index (κ3) is 8.17. The summed E-state index contributed by atoms with van der Waals surface area (Å²) in [6.45, 7) is 4.89. The molecule has 2 aromatic rings. The van der Waals surface area contributed by atoms with Crippen molar-refractivity contribution in [1.29, 1.82) is 0 Å². The molecule has 2 rings (SSSR count). The lowest BCUT2D eigenvalue weighted by atomic mass is 10.2. The van der Waals surface area contributed by atoms with E-state index >= 15 is 0 Å². The highest BCUT2D eigenvalue weighted by Gasteiger charge is 2.07. The molecule has 0 bridgehead atoms. The second-order valence-corrected chi connectivity index (χ2v) is 7.36. The van der Waals surface area contributed by atoms with Gasteiger partial charge in [0.05, 0.1) is 16.4 Å². The standard InChI is InChI=1S/C18H21N5O4S.HI/c1-2-11-20-18(21-12-14-3-7-16(8-4-14)23(24)25)22-13-15-5-9-17(10-6-15)28(19,26)27;/h2-10H,1,11-13H2,(H2,19,26,27)(H2,20,21,22);1H. The Morgan fingerprint density at radius 2 is 1.69 bits per heavy atom. The summed E-state index contributed by atoms with van der Waals surface area (Å²) < 4.78 is 22.6. The monoisotopic (exact) mass is 531 g/mol. The van der Waals surface area contributed by atoms with Gasteiger partial charge in [-0.25, -0.2) is 18.5 Å². The maximum absolute atomic E-state index is 11.3. The zero-order valence-electron chi connectivity index (χ0n) is 15.4. The van der Waals surface area contributed by atoms with Gasteiger partial charge in [0.1, 0.15) is 0 Å². The summed E-state index contributed by atoms with van der Waals surface area (Å²) in [4.78, 5) is 14.7. The van der Waals surface area contributed by atoms with E-state index in [1.54, 1.807) is 30.3 Å². The SMILES string of the molecule is C=CCNC(=NCc1ccc(S(N)(=O)=O)cc1)NCc1ccc([N+](=O)[O-])cc1.I. The summed E-state index contributed by atoms with van der Waals surface area (Å²) in [5, 5.41) is 22.0. The average molecular weight is 531 g/mol. The summed E-state index contributed by atoms with van der Waals surface area (Å²) in [6, 6.07) is 12.4. The number of nitrogens with zero attached hydrogens (tertiary/aromatic N) is 2. The quantitative estimate of drug-likeness (QED) is 0.119. The predicted octanol–water partition coefficient (Wildman–Crippen LogP) is 2.28. The molecule has 29 heavy (non-hydrogen) atoms. The van der Waals surface area contributed by atoms with Crippen LogP contribution >= 0.6 is 24.0 Å². The molecule has 0 atom stereocenters. The van der Waals surface area contributed by atoms with Crippen LogP contribution in [0.4, 0.5) is 5.69 Å². The topological polar surface area (TPSA) is 140 Å². The number of nitro benzene ring substituents is 1. The van der Waals surface area contributed by atoms with Crippen molar-refractivity contribution in [2.75, 3.05) is 6.54 Å². The van der Waals surface area contributed by atoms with Crippen LogP contribution in [0.3, 0.4) is 0 Å². The Bertz CT molecular complexity index is 961. The molecular formula is C18H22IN5O4S. The molecule has 0 amide bonds. The summed E-state index contributed by atoms with van der Waals surface area (Å²) in [5.41, 5.74) is 1.70. The molecule has 0 aliphatic heterocycles. The van der Waals surface area contributed by atoms with Crippen molar-refractivity contribution in [3.63, 3.8) is 0 Å². The molecule has 0 spiro atoms. The Morgan fingerprint density at radius 3 is 2.21 bits per heavy atom. The first-order chi connectivity index (χ1) is 13.3. The van der Waals surface area contributed by atoms with Crippen LogP contribution in [-0.4, -0.2) is 25.8 Å². The smallest absolute Gasteiger partial charge is 0.269 e. The fraction of sp³-hybridized carbons (Fsp3) is 0.167. The molecule has 0 heterocycles. The van der Waals surface area contributed by atoms with Crippen molar-refractivity contribution in [1.82, 2.24) is 10.6 Å². The number of halogens is 1. The summed E-state index contributed by atoms with van der Waals surface area (Å²) in [5.74, 6) is 0.522. The molecule has 0 radical (unpaired) electrons. The molecule has 9 nitrogen and oxygen atoms in total. The zero-order valence-corrected chi connectivity index (χ0v) is 18.6. The van der Waals surface area contributed by atoms with Crippen LogP contribution in [0, 0.1) is 10.1 Å². The first kappa shape index (κ1) is 24.5. The Labute approximate surface area is 186 Å². The molecule has 0 saturated carbocycles. The number of benzene rings is 2. The van der Waals surface area contributed by atoms with Crippen molar-refractivity contribution in [2.24, 2.45) is 10.1 Å². The molecule has 0 aromatic heterocycles. The second kappa shape index (κ2) is 11.5. The zero-order chi connectivity index (χ0) is 20.6. The van der Waals surface area contributed by atoms with E-state index in [9.17, 15) is 18.5 Å². The number of aliphatic imine (C=N–C) groups is 1. The van der Waals surface area contributed by atoms with Crippen molar-refractivity contribution < 1.29 is 13.3 Å². The van der Waals surface area contributed by atoms with Gasteiger partial charge in [0, 0.05) is 25.2 Å². The van der Waals surface area contributed by atoms with Crippen LogP contribution in [0.1, 0.15) is 11.1 Å². The van der Waals surface area contributed by atoms with Crippen molar-refractivity contribution in [3.05, 3.63) is 82.4 Å². The van der Waals surface area contributed by atoms with E-state index in [0.717, 1.165) is 11.1 Å². The van der Waals surface area contributed by atoms with Crippen molar-refractivity contribution in [3.8, 4) is 0 Å². The third-order valence-electron chi connectivity index (χ3n) is 3.69. The van der Waals surface area contributed by atoms with Gasteiger partial charge in [-0.3, -0.25) is 10.1 Å². The molecule has 0 unspecified atom stereocenters. The van der Waals surface area contributed by atoms with E-state index in [1.165, 1.54) is 24.3 Å². The number of hydrogen-bond donors (Lipinski definition) is 3. The van der Waals surface area contributed by atoms with Crippen LogP contribution in [0.2, 0.25) is 0 Å². The maximum atomic E-state index is 11.3. The Balaban J connectivity index is 0.00000420. The van der Waals surface area contributed by atoms with E-state index in [1.807, 2.05) is 0 Å². The number of primary sulfonamides is 1. The van der Waals surface area contributed by atoms with Gasteiger partial charge >= 0.3 is 0 Å². The first-order valence-electron chi connectivity index (χ1n) is 8.28. The average Bonchev–Trinajstić information content (AvgIpc) is 2.67. The molecule has 4 N–H and O–H groups in total. The van der Waals surface area contributed by atoms with Crippen LogP contribution in [0.15, 0.2) is 71.1 Å². The van der Waals surface area contributed by atoms with E-state index in [2.05, 4.69) is 22.2 Å². The number of non-ortho nitro benzene ring substituents is 1. The van der Waals surface area contributed by atoms with E-state index in [4.69, 9.17) is 5.14 Å². The highest BCUT2D eigenvalue weighted by atomic mass is 127. The lowest BCUT2D eigenvalue weighted by Gasteiger charge is -2.11. The Kier molecular flexibility index (Phi) is 9.71. The van der Waals surface area contributed by atoms with Crippen LogP contribution < -0.4 is 15.8 Å². The summed E-state index contributed by atoms with van der Waals surface area (Å²) in [6.07, 6.45) is 1.68. The van der Waals surface area contributed by atoms with Crippen LogP contribution in [0.5, 0.6) is 0 Å². The molecule has 2 aromatic carbocycles. The maximum Gasteiger partial charge on any atom is 0.269 e. The van der Waals surface area contributed by atoms with E-state index in [-0.39, 0.29) is 34.6 Å². The van der Waals surface area contributed by atoms with Gasteiger partial charge in [0.25, 0.3) is 5.69 Å². The van der Waals surface area contributed by atoms with E-state index in [0.29, 0.717) is 25.6 Å². The van der Waals surface area contributed by atoms with Crippen LogP contribution in [-0.2, 0) is 23.1 Å². The largest absolute Gasteiger partial charge is 0.353 e. The fourth-order valence-electron chi connectivity index (χ4n) is 2.22. The normalized spacial score (nSPS) is 11.3. The molecule has 0 aliphatic rings. The van der Waals surface area contributed by atoms with Gasteiger partial charge in [-0.15, -0.1) is 30.6 Å². The highest BCUT2D eigenvalue weighted by Crippen LogP contribution is 2.12. The minimum Gasteiger partial charge on any atom is -0.353 e. The molecule has 0 aliphatic carbocycles. The summed E-state index contributed by atoms with van der Waals surface area (Å²) in [7, 11) is -3.72. The molecule has 0 fully saturated rings.